The number of fused-ring (bicyclic) bond motifs is 1. The molecule has 0 spiro atoms. The molecule has 0 aromatic heterocycles. The third-order valence-corrected chi connectivity index (χ3v) is 7.57. The maximum Gasteiger partial charge on any atom is 0.338 e. The van der Waals surface area contributed by atoms with Crippen LogP contribution in [0.4, 0.5) is 5.69 Å². The van der Waals surface area contributed by atoms with Gasteiger partial charge in [-0.05, 0) is 43.0 Å². The van der Waals surface area contributed by atoms with Crippen molar-refractivity contribution in [2.45, 2.75) is 31.6 Å². The quantitative estimate of drug-likeness (QED) is 0.639. The highest BCUT2D eigenvalue weighted by molar-refractivity contribution is 8.38. The molecular weight excluding hydrogens is 416 g/mol. The monoisotopic (exact) mass is 440 g/mol. The molecule has 7 heteroatoms. The Morgan fingerprint density at radius 3 is 2.83 bits per heavy atom. The molecule has 0 bridgehead atoms. The predicted octanol–water partition coefficient (Wildman–Crippen LogP) is 4.55. The van der Waals surface area contributed by atoms with Gasteiger partial charge in [-0.2, -0.15) is 0 Å². The Hall–Kier alpha value is -2.25. The van der Waals surface area contributed by atoms with Gasteiger partial charge in [0.05, 0.1) is 12.1 Å². The van der Waals surface area contributed by atoms with Crippen molar-refractivity contribution >= 4 is 45.5 Å². The van der Waals surface area contributed by atoms with E-state index in [9.17, 15) is 9.59 Å². The van der Waals surface area contributed by atoms with Crippen LogP contribution in [0.2, 0.25) is 0 Å². The molecule has 1 unspecified atom stereocenters. The van der Waals surface area contributed by atoms with E-state index in [4.69, 9.17) is 4.74 Å². The number of aliphatic imine (C=N–C) groups is 1. The van der Waals surface area contributed by atoms with Gasteiger partial charge in [0.2, 0.25) is 0 Å². The summed E-state index contributed by atoms with van der Waals surface area (Å²) < 4.78 is 6.51. The molecule has 156 valence electrons. The lowest BCUT2D eigenvalue weighted by molar-refractivity contribution is -0.122. The summed E-state index contributed by atoms with van der Waals surface area (Å²) in [7, 11) is 0. The molecule has 30 heavy (non-hydrogen) atoms. The molecule has 0 radical (unpaired) electrons. The molecule has 1 atom stereocenters. The molecule has 1 amide bonds. The Bertz CT molecular complexity index is 976. The van der Waals surface area contributed by atoms with E-state index in [1.165, 1.54) is 0 Å². The third kappa shape index (κ3) is 4.73. The summed E-state index contributed by atoms with van der Waals surface area (Å²) in [6, 6.07) is 15.4. The van der Waals surface area contributed by atoms with Crippen molar-refractivity contribution in [2.24, 2.45) is 4.99 Å². The highest BCUT2D eigenvalue weighted by atomic mass is 32.2. The zero-order valence-corrected chi connectivity index (χ0v) is 18.5. The predicted molar refractivity (Wildman–Crippen MR) is 124 cm³/mol. The van der Waals surface area contributed by atoms with Crippen molar-refractivity contribution < 1.29 is 14.3 Å². The standard InChI is InChI=1S/C23H24N2O3S2/c1-16-10-11-17-6-3-5-9-20(17)25(16)21(26)14-28-22(27)19-8-4-2-7-18(19)15-30-23-24-12-13-29-23/h2-9,16H,10-15H2,1H3. The Balaban J connectivity index is 1.41. The molecule has 0 N–H and O–H groups in total. The minimum absolute atomic E-state index is 0.0828. The van der Waals surface area contributed by atoms with Gasteiger partial charge in [0.1, 0.15) is 4.38 Å². The van der Waals surface area contributed by atoms with Crippen molar-refractivity contribution in [2.75, 3.05) is 23.8 Å². The molecule has 0 saturated carbocycles. The Labute approximate surface area is 185 Å². The molecule has 0 saturated heterocycles. The summed E-state index contributed by atoms with van der Waals surface area (Å²) in [5.74, 6) is 1.03. The van der Waals surface area contributed by atoms with Gasteiger partial charge in [-0.1, -0.05) is 59.9 Å². The molecule has 2 aromatic rings. The van der Waals surface area contributed by atoms with Gasteiger partial charge in [0.25, 0.3) is 5.91 Å². The number of esters is 1. The lowest BCUT2D eigenvalue weighted by Crippen LogP contribution is -2.44. The minimum atomic E-state index is -0.460. The second-order valence-corrected chi connectivity index (χ2v) is 9.60. The Kier molecular flexibility index (Phi) is 6.79. The summed E-state index contributed by atoms with van der Waals surface area (Å²) in [6.07, 6.45) is 1.86. The maximum atomic E-state index is 12.9. The number of aryl methyl sites for hydroxylation is 1. The first-order valence-corrected chi connectivity index (χ1v) is 12.1. The van der Waals surface area contributed by atoms with Crippen molar-refractivity contribution in [3.8, 4) is 0 Å². The number of ether oxygens (including phenoxy) is 1. The van der Waals surface area contributed by atoms with Crippen LogP contribution in [-0.2, 0) is 21.7 Å². The minimum Gasteiger partial charge on any atom is -0.452 e. The average molecular weight is 441 g/mol. The Morgan fingerprint density at radius 1 is 1.20 bits per heavy atom. The van der Waals surface area contributed by atoms with Gasteiger partial charge in [-0.25, -0.2) is 4.79 Å². The van der Waals surface area contributed by atoms with E-state index in [-0.39, 0.29) is 18.6 Å². The molecule has 2 aromatic carbocycles. The summed E-state index contributed by atoms with van der Waals surface area (Å²) in [6.45, 7) is 2.63. The van der Waals surface area contributed by atoms with E-state index in [2.05, 4.69) is 4.99 Å². The van der Waals surface area contributed by atoms with Crippen LogP contribution in [-0.4, -0.2) is 41.2 Å². The number of anilines is 1. The van der Waals surface area contributed by atoms with Gasteiger partial charge in [0.15, 0.2) is 6.61 Å². The number of carbonyl (C=O) groups excluding carboxylic acids is 2. The van der Waals surface area contributed by atoms with Gasteiger partial charge in [-0.3, -0.25) is 9.79 Å². The molecule has 0 aliphatic carbocycles. The first kappa shape index (κ1) is 21.0. The van der Waals surface area contributed by atoms with Crippen molar-refractivity contribution in [1.82, 2.24) is 0 Å². The van der Waals surface area contributed by atoms with Crippen LogP contribution >= 0.6 is 23.5 Å². The molecule has 5 nitrogen and oxygen atoms in total. The number of thioether (sulfide) groups is 2. The van der Waals surface area contributed by atoms with E-state index in [1.54, 1.807) is 34.5 Å². The van der Waals surface area contributed by atoms with Crippen LogP contribution in [0.25, 0.3) is 0 Å². The van der Waals surface area contributed by atoms with Crippen LogP contribution in [0.5, 0.6) is 0 Å². The van der Waals surface area contributed by atoms with Crippen molar-refractivity contribution in [1.29, 1.82) is 0 Å². The fourth-order valence-corrected chi connectivity index (χ4v) is 5.74. The third-order valence-electron chi connectivity index (χ3n) is 5.26. The number of amides is 1. The topological polar surface area (TPSA) is 59.0 Å². The zero-order valence-electron chi connectivity index (χ0n) is 16.9. The number of carbonyl (C=O) groups is 2. The number of benzene rings is 2. The lowest BCUT2D eigenvalue weighted by atomic mass is 9.96. The van der Waals surface area contributed by atoms with Crippen molar-refractivity contribution in [3.63, 3.8) is 0 Å². The summed E-state index contributed by atoms with van der Waals surface area (Å²) in [4.78, 5) is 31.9. The first-order valence-electron chi connectivity index (χ1n) is 10.1. The molecule has 0 fully saturated rings. The largest absolute Gasteiger partial charge is 0.452 e. The highest BCUT2D eigenvalue weighted by Gasteiger charge is 2.28. The van der Waals surface area contributed by atoms with Crippen LogP contribution < -0.4 is 4.90 Å². The second kappa shape index (κ2) is 9.71. The van der Waals surface area contributed by atoms with Crippen molar-refractivity contribution in [3.05, 3.63) is 65.2 Å². The lowest BCUT2D eigenvalue weighted by Gasteiger charge is -2.35. The molecule has 2 aliphatic rings. The summed E-state index contributed by atoms with van der Waals surface area (Å²) in [5.41, 5.74) is 3.48. The van der Waals surface area contributed by atoms with Crippen LogP contribution in [0, 0.1) is 0 Å². The molecule has 2 aliphatic heterocycles. The van der Waals surface area contributed by atoms with E-state index >= 15 is 0 Å². The average Bonchev–Trinajstić information content (AvgIpc) is 3.29. The fourth-order valence-electron chi connectivity index (χ4n) is 3.73. The number of para-hydroxylation sites is 1. The van der Waals surface area contributed by atoms with Crippen LogP contribution in [0.15, 0.2) is 53.5 Å². The molecular formula is C23H24N2O3S2. The molecule has 4 rings (SSSR count). The summed E-state index contributed by atoms with van der Waals surface area (Å²) >= 11 is 3.39. The van der Waals surface area contributed by atoms with E-state index < -0.39 is 5.97 Å². The number of rotatable bonds is 5. The van der Waals surface area contributed by atoms with Gasteiger partial charge >= 0.3 is 5.97 Å². The number of hydrogen-bond donors (Lipinski definition) is 0. The van der Waals surface area contributed by atoms with Gasteiger partial charge in [-0.15, -0.1) is 0 Å². The summed E-state index contributed by atoms with van der Waals surface area (Å²) in [5, 5.41) is 0. The van der Waals surface area contributed by atoms with Crippen LogP contribution in [0.3, 0.4) is 0 Å². The van der Waals surface area contributed by atoms with Crippen LogP contribution in [0.1, 0.15) is 34.8 Å². The zero-order chi connectivity index (χ0) is 20.9. The van der Waals surface area contributed by atoms with E-state index in [0.717, 1.165) is 46.3 Å². The van der Waals surface area contributed by atoms with E-state index in [0.29, 0.717) is 11.3 Å². The van der Waals surface area contributed by atoms with Gasteiger partial charge in [0, 0.05) is 23.2 Å². The second-order valence-electron chi connectivity index (χ2n) is 7.30. The van der Waals surface area contributed by atoms with Gasteiger partial charge < -0.3 is 9.64 Å². The normalized spacial score (nSPS) is 18.0. The number of nitrogens with zero attached hydrogens (tertiary/aromatic N) is 2. The number of hydrogen-bond acceptors (Lipinski definition) is 6. The SMILES string of the molecule is CC1CCc2ccccc2N1C(=O)COC(=O)c1ccccc1CSC1=NCCS1. The maximum absolute atomic E-state index is 12.9. The highest BCUT2D eigenvalue weighted by Crippen LogP contribution is 2.31. The smallest absolute Gasteiger partial charge is 0.338 e. The Morgan fingerprint density at radius 2 is 2.00 bits per heavy atom. The fraction of sp³-hybridized carbons (Fsp3) is 0.348. The first-order chi connectivity index (χ1) is 14.6. The van der Waals surface area contributed by atoms with E-state index in [1.807, 2.05) is 49.4 Å². The molecule has 2 heterocycles.